The molecule has 1 heterocycles. The van der Waals surface area contributed by atoms with Crippen LogP contribution in [0.4, 0.5) is 0 Å². The van der Waals surface area contributed by atoms with Crippen LogP contribution in [0.5, 0.6) is 5.75 Å². The Bertz CT molecular complexity index is 722. The molecular weight excluding hydrogens is 362 g/mol. The summed E-state index contributed by atoms with van der Waals surface area (Å²) in [5, 5.41) is 0.766. The molecule has 0 aromatic heterocycles. The summed E-state index contributed by atoms with van der Waals surface area (Å²) in [5.74, 6) is 0.951. The van der Waals surface area contributed by atoms with E-state index in [2.05, 4.69) is 63.9 Å². The standard InChI is InChI=1S/C22H28ClNOS/c1-21(2)14-18(15-22(3,4)24(21)5)25-17-8-12-20(13-9-17)26-19-10-6-16(23)7-11-19/h6-13,18H,14-15H2,1-5H3. The highest BCUT2D eigenvalue weighted by Crippen LogP contribution is 2.38. The van der Waals surface area contributed by atoms with Gasteiger partial charge in [-0.05, 0) is 83.3 Å². The van der Waals surface area contributed by atoms with Crippen molar-refractivity contribution in [3.8, 4) is 5.75 Å². The van der Waals surface area contributed by atoms with Crippen LogP contribution in [0, 0.1) is 0 Å². The number of halogens is 1. The van der Waals surface area contributed by atoms with Crippen molar-refractivity contribution >= 4 is 23.4 Å². The van der Waals surface area contributed by atoms with E-state index in [4.69, 9.17) is 16.3 Å². The van der Waals surface area contributed by atoms with Crippen LogP contribution < -0.4 is 4.74 Å². The molecule has 1 saturated heterocycles. The second-order valence-electron chi connectivity index (χ2n) is 8.36. The van der Waals surface area contributed by atoms with Crippen LogP contribution in [-0.2, 0) is 0 Å². The van der Waals surface area contributed by atoms with E-state index in [1.165, 1.54) is 9.79 Å². The highest BCUT2D eigenvalue weighted by molar-refractivity contribution is 7.99. The summed E-state index contributed by atoms with van der Waals surface area (Å²) in [6.07, 6.45) is 2.31. The summed E-state index contributed by atoms with van der Waals surface area (Å²) < 4.78 is 6.34. The molecule has 0 N–H and O–H groups in total. The van der Waals surface area contributed by atoms with Gasteiger partial charge in [-0.2, -0.15) is 0 Å². The molecule has 3 rings (SSSR count). The molecule has 1 aliphatic heterocycles. The maximum atomic E-state index is 6.34. The van der Waals surface area contributed by atoms with Gasteiger partial charge in [-0.15, -0.1) is 0 Å². The molecular formula is C22H28ClNOS. The predicted octanol–water partition coefficient (Wildman–Crippen LogP) is 6.52. The zero-order valence-electron chi connectivity index (χ0n) is 16.3. The average Bonchev–Trinajstić information content (AvgIpc) is 2.56. The maximum absolute atomic E-state index is 6.34. The number of nitrogens with zero attached hydrogens (tertiary/aromatic N) is 1. The van der Waals surface area contributed by atoms with Crippen LogP contribution in [0.3, 0.4) is 0 Å². The van der Waals surface area contributed by atoms with Crippen molar-refractivity contribution in [1.29, 1.82) is 0 Å². The average molecular weight is 390 g/mol. The van der Waals surface area contributed by atoms with Crippen molar-refractivity contribution < 1.29 is 4.74 Å². The molecule has 140 valence electrons. The minimum Gasteiger partial charge on any atom is -0.490 e. The molecule has 0 spiro atoms. The number of piperidine rings is 1. The number of benzene rings is 2. The van der Waals surface area contributed by atoms with E-state index in [1.807, 2.05) is 24.3 Å². The third-order valence-corrected chi connectivity index (χ3v) is 6.71. The van der Waals surface area contributed by atoms with Gasteiger partial charge < -0.3 is 4.74 Å². The lowest BCUT2D eigenvalue weighted by molar-refractivity contribution is -0.0556. The van der Waals surface area contributed by atoms with Crippen LogP contribution in [0.2, 0.25) is 5.02 Å². The summed E-state index contributed by atoms with van der Waals surface area (Å²) in [5.41, 5.74) is 0.271. The highest BCUT2D eigenvalue weighted by atomic mass is 35.5. The Balaban J connectivity index is 1.65. The molecule has 0 saturated carbocycles. The second-order valence-corrected chi connectivity index (χ2v) is 9.94. The van der Waals surface area contributed by atoms with Crippen LogP contribution >= 0.6 is 23.4 Å². The molecule has 0 bridgehead atoms. The summed E-state index contributed by atoms with van der Waals surface area (Å²) in [6.45, 7) is 9.21. The molecule has 0 unspecified atom stereocenters. The van der Waals surface area contributed by atoms with Gasteiger partial charge >= 0.3 is 0 Å². The monoisotopic (exact) mass is 389 g/mol. The molecule has 2 aromatic rings. The van der Waals surface area contributed by atoms with Crippen LogP contribution in [0.15, 0.2) is 58.3 Å². The quantitative estimate of drug-likeness (QED) is 0.590. The Morgan fingerprint density at radius 1 is 0.885 bits per heavy atom. The van der Waals surface area contributed by atoms with E-state index in [9.17, 15) is 0 Å². The first kappa shape index (κ1) is 19.6. The van der Waals surface area contributed by atoms with Crippen LogP contribution in [-0.4, -0.2) is 29.1 Å². The van der Waals surface area contributed by atoms with Gasteiger partial charge in [0.05, 0.1) is 0 Å². The van der Waals surface area contributed by atoms with E-state index in [0.717, 1.165) is 23.6 Å². The molecule has 0 aliphatic carbocycles. The zero-order chi connectivity index (χ0) is 18.9. The Morgan fingerprint density at radius 3 is 1.85 bits per heavy atom. The molecule has 26 heavy (non-hydrogen) atoms. The van der Waals surface area contributed by atoms with Crippen molar-refractivity contribution in [2.24, 2.45) is 0 Å². The summed E-state index contributed by atoms with van der Waals surface area (Å²) in [6, 6.07) is 16.3. The molecule has 4 heteroatoms. The highest BCUT2D eigenvalue weighted by Gasteiger charge is 2.43. The van der Waals surface area contributed by atoms with E-state index in [1.54, 1.807) is 11.8 Å². The number of hydrogen-bond acceptors (Lipinski definition) is 3. The SMILES string of the molecule is CN1C(C)(C)CC(Oc2ccc(Sc3ccc(Cl)cc3)cc2)CC1(C)C. The first-order valence-electron chi connectivity index (χ1n) is 9.10. The van der Waals surface area contributed by atoms with Crippen molar-refractivity contribution in [3.05, 3.63) is 53.6 Å². The maximum Gasteiger partial charge on any atom is 0.119 e. The fourth-order valence-corrected chi connectivity index (χ4v) is 4.72. The van der Waals surface area contributed by atoms with Crippen LogP contribution in [0.25, 0.3) is 0 Å². The Kier molecular flexibility index (Phi) is 5.62. The third-order valence-electron chi connectivity index (χ3n) is 5.45. The van der Waals surface area contributed by atoms with E-state index >= 15 is 0 Å². The Hall–Kier alpha value is -1.16. The molecule has 0 atom stereocenters. The smallest absolute Gasteiger partial charge is 0.119 e. The molecule has 0 radical (unpaired) electrons. The topological polar surface area (TPSA) is 12.5 Å². The van der Waals surface area contributed by atoms with E-state index in [0.29, 0.717) is 0 Å². The molecule has 2 aromatic carbocycles. The predicted molar refractivity (Wildman–Crippen MR) is 112 cm³/mol. The fraction of sp³-hybridized carbons (Fsp3) is 0.455. The van der Waals surface area contributed by atoms with Gasteiger partial charge in [0.15, 0.2) is 0 Å². The fourth-order valence-electron chi connectivity index (χ4n) is 3.78. The normalized spacial score (nSPS) is 20.1. The Morgan fingerprint density at radius 2 is 1.35 bits per heavy atom. The first-order valence-corrected chi connectivity index (χ1v) is 10.3. The minimum atomic E-state index is 0.136. The zero-order valence-corrected chi connectivity index (χ0v) is 17.8. The first-order chi connectivity index (χ1) is 12.2. The largest absolute Gasteiger partial charge is 0.490 e. The number of rotatable bonds is 4. The van der Waals surface area contributed by atoms with Crippen molar-refractivity contribution in [2.75, 3.05) is 7.05 Å². The summed E-state index contributed by atoms with van der Waals surface area (Å²) in [4.78, 5) is 4.86. The van der Waals surface area contributed by atoms with Crippen molar-refractivity contribution in [1.82, 2.24) is 4.90 Å². The molecule has 2 nitrogen and oxygen atoms in total. The van der Waals surface area contributed by atoms with Gasteiger partial charge in [0.1, 0.15) is 11.9 Å². The lowest BCUT2D eigenvalue weighted by atomic mass is 9.79. The molecule has 1 aliphatic rings. The van der Waals surface area contributed by atoms with Crippen molar-refractivity contribution in [3.63, 3.8) is 0 Å². The van der Waals surface area contributed by atoms with Gasteiger partial charge in [-0.1, -0.05) is 23.4 Å². The Labute approximate surface area is 166 Å². The van der Waals surface area contributed by atoms with Gasteiger partial charge in [0.2, 0.25) is 0 Å². The second kappa shape index (κ2) is 7.46. The minimum absolute atomic E-state index is 0.136. The lowest BCUT2D eigenvalue weighted by Crippen LogP contribution is -2.60. The van der Waals surface area contributed by atoms with Gasteiger partial charge in [-0.25, -0.2) is 0 Å². The van der Waals surface area contributed by atoms with Crippen molar-refractivity contribution in [2.45, 2.75) is 67.5 Å². The summed E-state index contributed by atoms with van der Waals surface area (Å²) in [7, 11) is 2.22. The molecule has 1 fully saturated rings. The van der Waals surface area contributed by atoms with Crippen LogP contribution in [0.1, 0.15) is 40.5 Å². The number of ether oxygens (including phenoxy) is 1. The lowest BCUT2D eigenvalue weighted by Gasteiger charge is -2.53. The number of hydrogen-bond donors (Lipinski definition) is 0. The van der Waals surface area contributed by atoms with Gasteiger partial charge in [-0.3, -0.25) is 4.90 Å². The van der Waals surface area contributed by atoms with E-state index < -0.39 is 0 Å². The van der Waals surface area contributed by atoms with Gasteiger partial charge in [0.25, 0.3) is 0 Å². The third kappa shape index (κ3) is 4.57. The molecule has 0 amide bonds. The van der Waals surface area contributed by atoms with Gasteiger partial charge in [0, 0.05) is 38.7 Å². The summed E-state index contributed by atoms with van der Waals surface area (Å²) >= 11 is 7.68. The van der Waals surface area contributed by atoms with E-state index in [-0.39, 0.29) is 17.2 Å². The number of likely N-dealkylation sites (tertiary alicyclic amines) is 1.